The van der Waals surface area contributed by atoms with E-state index in [-0.39, 0.29) is 36.9 Å². The average molecular weight is 307 g/mol. The molecule has 0 aromatic heterocycles. The normalized spacial score (nSPS) is 8.78. The molecular weight excluding hydrogens is 287 g/mol. The number of hydrogen-bond donors (Lipinski definition) is 3. The van der Waals surface area contributed by atoms with E-state index in [4.69, 9.17) is 35.1 Å². The van der Waals surface area contributed by atoms with E-state index < -0.39 is 17.4 Å². The number of hydrogen-bond acceptors (Lipinski definition) is 7. The van der Waals surface area contributed by atoms with Crippen molar-refractivity contribution in [3.05, 3.63) is 0 Å². The van der Waals surface area contributed by atoms with Crippen LogP contribution in [0.2, 0.25) is 0 Å². The third kappa shape index (κ3) is 24.5. The molecule has 0 rings (SSSR count). The van der Waals surface area contributed by atoms with Crippen molar-refractivity contribution < 1.29 is 52.2 Å². The molecular formula is C10H20MnO7. The van der Waals surface area contributed by atoms with Crippen LogP contribution >= 0.6 is 0 Å². The summed E-state index contributed by atoms with van der Waals surface area (Å²) in [5, 5.41) is 43.7. The molecule has 18 heavy (non-hydrogen) atoms. The maximum absolute atomic E-state index is 8.89. The van der Waals surface area contributed by atoms with Gasteiger partial charge in [0.25, 0.3) is 0 Å². The minimum absolute atomic E-state index is 0. The third-order valence-electron chi connectivity index (χ3n) is 1.76. The van der Waals surface area contributed by atoms with Gasteiger partial charge in [-0.2, -0.15) is 0 Å². The second-order valence-corrected chi connectivity index (χ2v) is 3.31. The van der Waals surface area contributed by atoms with Crippen molar-refractivity contribution in [2.45, 2.75) is 27.2 Å². The summed E-state index contributed by atoms with van der Waals surface area (Å²) >= 11 is 0. The summed E-state index contributed by atoms with van der Waals surface area (Å²) in [7, 11) is 0. The smallest absolute Gasteiger partial charge is 0.550 e. The van der Waals surface area contributed by atoms with Gasteiger partial charge < -0.3 is 35.1 Å². The number of aliphatic hydroxyl groups is 3. The van der Waals surface area contributed by atoms with E-state index in [1.807, 2.05) is 6.92 Å². The predicted molar refractivity (Wildman–Crippen MR) is 55.3 cm³/mol. The van der Waals surface area contributed by atoms with Crippen molar-refractivity contribution in [3.63, 3.8) is 0 Å². The van der Waals surface area contributed by atoms with Crippen LogP contribution in [0.4, 0.5) is 0 Å². The van der Waals surface area contributed by atoms with Crippen molar-refractivity contribution in [3.8, 4) is 0 Å². The van der Waals surface area contributed by atoms with Crippen LogP contribution in [0.25, 0.3) is 0 Å². The summed E-state index contributed by atoms with van der Waals surface area (Å²) in [5.41, 5.74) is -0.667. The fraction of sp³-hybridized carbons (Fsp3) is 0.800. The summed E-state index contributed by atoms with van der Waals surface area (Å²) in [6.07, 6.45) is 0.594. The Labute approximate surface area is 117 Å². The molecule has 8 heteroatoms. The Balaban J connectivity index is -0.0000000922. The Kier molecular flexibility index (Phi) is 23.6. The molecule has 0 bridgehead atoms. The van der Waals surface area contributed by atoms with Crippen molar-refractivity contribution in [1.29, 1.82) is 0 Å². The van der Waals surface area contributed by atoms with E-state index in [2.05, 4.69) is 0 Å². The Morgan fingerprint density at radius 2 is 1.11 bits per heavy atom. The molecule has 0 saturated carbocycles. The van der Waals surface area contributed by atoms with Gasteiger partial charge in [-0.15, -0.1) is 0 Å². The molecule has 0 aliphatic heterocycles. The van der Waals surface area contributed by atoms with Crippen LogP contribution in [0.1, 0.15) is 27.2 Å². The zero-order valence-electron chi connectivity index (χ0n) is 10.7. The number of carbonyl (C=O) groups excluding carboxylic acids is 2. The van der Waals surface area contributed by atoms with Gasteiger partial charge in [0.05, 0.1) is 19.8 Å². The summed E-state index contributed by atoms with van der Waals surface area (Å²) in [5.74, 6) is -2.17. The van der Waals surface area contributed by atoms with Crippen LogP contribution in [0.3, 0.4) is 0 Å². The largest absolute Gasteiger partial charge is 2.00 e. The van der Waals surface area contributed by atoms with E-state index in [9.17, 15) is 0 Å². The monoisotopic (exact) mass is 307 g/mol. The maximum Gasteiger partial charge on any atom is 2.00 e. The number of aliphatic carboxylic acids is 2. The fourth-order valence-electron chi connectivity index (χ4n) is 0.485. The molecule has 0 unspecified atom stereocenters. The van der Waals surface area contributed by atoms with E-state index >= 15 is 0 Å². The summed E-state index contributed by atoms with van der Waals surface area (Å²) in [6, 6.07) is 0. The van der Waals surface area contributed by atoms with Crippen molar-refractivity contribution in [2.75, 3.05) is 19.8 Å². The minimum atomic E-state index is -1.08. The van der Waals surface area contributed by atoms with E-state index in [0.29, 0.717) is 6.42 Å². The molecule has 7 nitrogen and oxygen atoms in total. The molecule has 0 aliphatic carbocycles. The summed E-state index contributed by atoms with van der Waals surface area (Å²) in [4.78, 5) is 17.8. The molecule has 3 N–H and O–H groups in total. The fourth-order valence-corrected chi connectivity index (χ4v) is 0.485. The van der Waals surface area contributed by atoms with Crippen molar-refractivity contribution >= 4 is 11.9 Å². The van der Waals surface area contributed by atoms with Gasteiger partial charge in [-0.3, -0.25) is 0 Å². The second-order valence-electron chi connectivity index (χ2n) is 3.31. The molecule has 0 saturated heterocycles. The van der Waals surface area contributed by atoms with Gasteiger partial charge in [0.2, 0.25) is 0 Å². The Morgan fingerprint density at radius 1 is 0.944 bits per heavy atom. The first-order chi connectivity index (χ1) is 7.71. The van der Waals surface area contributed by atoms with Crippen LogP contribution in [-0.4, -0.2) is 47.1 Å². The predicted octanol–water partition coefficient (Wildman–Crippen LogP) is -3.13. The topological polar surface area (TPSA) is 141 Å². The Morgan fingerprint density at radius 3 is 1.11 bits per heavy atom. The van der Waals surface area contributed by atoms with Gasteiger partial charge in [0.1, 0.15) is 0 Å². The van der Waals surface area contributed by atoms with Gasteiger partial charge in [0.15, 0.2) is 0 Å². The Bertz CT molecular complexity index is 167. The first kappa shape index (κ1) is 26.0. The molecule has 109 valence electrons. The van der Waals surface area contributed by atoms with Crippen LogP contribution in [0.15, 0.2) is 0 Å². The van der Waals surface area contributed by atoms with Crippen molar-refractivity contribution in [2.24, 2.45) is 5.41 Å². The number of carboxylic acids is 2. The van der Waals surface area contributed by atoms with Gasteiger partial charge in [-0.25, -0.2) is 0 Å². The Hall–Kier alpha value is -0.661. The molecule has 0 atom stereocenters. The van der Waals surface area contributed by atoms with E-state index in [1.54, 1.807) is 0 Å². The zero-order valence-corrected chi connectivity index (χ0v) is 11.9. The molecule has 0 aromatic carbocycles. The van der Waals surface area contributed by atoms with Gasteiger partial charge in [-0.1, -0.05) is 6.92 Å². The van der Waals surface area contributed by atoms with Crippen molar-refractivity contribution in [1.82, 2.24) is 0 Å². The third-order valence-corrected chi connectivity index (χ3v) is 1.76. The van der Waals surface area contributed by atoms with Crippen LogP contribution in [0.5, 0.6) is 0 Å². The molecule has 0 aliphatic rings. The minimum Gasteiger partial charge on any atom is -0.550 e. The molecule has 1 radical (unpaired) electrons. The summed E-state index contributed by atoms with van der Waals surface area (Å²) < 4.78 is 0. The van der Waals surface area contributed by atoms with Gasteiger partial charge in [-0.05, 0) is 20.3 Å². The standard InChI is InChI=1S/C6H14O3.2C2H4O2.Mn/c1-2-6(3-7,4-8)5-9;2*1-2(3)4;/h7-9H,2-5H2,1H3;2*1H3,(H,3,4);/q;;;+2/p-2. The van der Waals surface area contributed by atoms with Crippen LogP contribution < -0.4 is 10.2 Å². The first-order valence-electron chi connectivity index (χ1n) is 4.89. The van der Waals surface area contributed by atoms with Gasteiger partial charge >= 0.3 is 17.1 Å². The van der Waals surface area contributed by atoms with Crippen LogP contribution in [0, 0.1) is 5.41 Å². The molecule has 0 amide bonds. The molecule has 0 spiro atoms. The number of rotatable bonds is 4. The number of aliphatic hydroxyl groups excluding tert-OH is 3. The first-order valence-corrected chi connectivity index (χ1v) is 4.89. The van der Waals surface area contributed by atoms with E-state index in [0.717, 1.165) is 13.8 Å². The molecule has 0 fully saturated rings. The average Bonchev–Trinajstić information content (AvgIpc) is 2.20. The second kappa shape index (κ2) is 16.3. The summed E-state index contributed by atoms with van der Waals surface area (Å²) in [6.45, 7) is 3.30. The van der Waals surface area contributed by atoms with Crippen LogP contribution in [-0.2, 0) is 26.7 Å². The van der Waals surface area contributed by atoms with E-state index in [1.165, 1.54) is 0 Å². The maximum atomic E-state index is 8.89. The van der Waals surface area contributed by atoms with Gasteiger partial charge in [0, 0.05) is 17.4 Å². The zero-order chi connectivity index (χ0) is 14.5. The molecule has 0 heterocycles. The SMILES string of the molecule is CC(=O)[O-].CC(=O)[O-].CCC(CO)(CO)CO.[Mn+2]. The number of carboxylic acid groups (broad SMARTS) is 2. The quantitative estimate of drug-likeness (QED) is 0.466. The number of carbonyl (C=O) groups is 2. The molecule has 0 aromatic rings.